The van der Waals surface area contributed by atoms with Crippen LogP contribution >= 0.6 is 11.6 Å². The van der Waals surface area contributed by atoms with E-state index >= 15 is 0 Å². The molecule has 0 spiro atoms. The third-order valence-electron chi connectivity index (χ3n) is 2.54. The molecule has 0 bridgehead atoms. The molecule has 15 heavy (non-hydrogen) atoms. The molecule has 1 unspecified atom stereocenters. The van der Waals surface area contributed by atoms with Gasteiger partial charge in [0.15, 0.2) is 5.78 Å². The van der Waals surface area contributed by atoms with E-state index in [0.29, 0.717) is 0 Å². The van der Waals surface area contributed by atoms with Gasteiger partial charge in [-0.15, -0.1) is 11.6 Å². The summed E-state index contributed by atoms with van der Waals surface area (Å²) < 4.78 is 0. The maximum Gasteiger partial charge on any atom is 0.152 e. The van der Waals surface area contributed by atoms with Crippen LogP contribution in [0.4, 0.5) is 0 Å². The molecule has 0 aliphatic rings. The standard InChI is InChI=1S/C13H17ClO/c1-4-10-6-11(5-2)8-12(7-10)13(14)9(3)15/h6-8,13H,4-5H2,1-3H3. The zero-order valence-electron chi connectivity index (χ0n) is 9.51. The van der Waals surface area contributed by atoms with Gasteiger partial charge in [-0.1, -0.05) is 32.0 Å². The molecule has 0 aliphatic carbocycles. The van der Waals surface area contributed by atoms with Crippen LogP contribution in [0.1, 0.15) is 42.8 Å². The van der Waals surface area contributed by atoms with Crippen LogP contribution in [-0.4, -0.2) is 5.78 Å². The topological polar surface area (TPSA) is 17.1 Å². The van der Waals surface area contributed by atoms with Gasteiger partial charge < -0.3 is 0 Å². The minimum Gasteiger partial charge on any atom is -0.298 e. The number of aryl methyl sites for hydroxylation is 2. The van der Waals surface area contributed by atoms with Crippen molar-refractivity contribution in [2.24, 2.45) is 0 Å². The molecule has 0 saturated carbocycles. The second-order valence-electron chi connectivity index (χ2n) is 3.76. The van der Waals surface area contributed by atoms with E-state index in [-0.39, 0.29) is 5.78 Å². The Morgan fingerprint density at radius 3 is 2.00 bits per heavy atom. The van der Waals surface area contributed by atoms with Crippen LogP contribution < -0.4 is 0 Å². The van der Waals surface area contributed by atoms with Crippen molar-refractivity contribution < 1.29 is 4.79 Å². The quantitative estimate of drug-likeness (QED) is 0.713. The smallest absolute Gasteiger partial charge is 0.152 e. The Bertz CT molecular complexity index is 335. The Morgan fingerprint density at radius 2 is 1.67 bits per heavy atom. The van der Waals surface area contributed by atoms with E-state index in [2.05, 4.69) is 19.9 Å². The first-order valence-electron chi connectivity index (χ1n) is 5.35. The summed E-state index contributed by atoms with van der Waals surface area (Å²) >= 11 is 6.05. The summed E-state index contributed by atoms with van der Waals surface area (Å²) in [5, 5.41) is -0.498. The van der Waals surface area contributed by atoms with Gasteiger partial charge >= 0.3 is 0 Å². The largest absolute Gasteiger partial charge is 0.298 e. The molecular formula is C13H17ClO. The first-order valence-corrected chi connectivity index (χ1v) is 5.79. The van der Waals surface area contributed by atoms with E-state index in [4.69, 9.17) is 11.6 Å². The molecular weight excluding hydrogens is 208 g/mol. The maximum absolute atomic E-state index is 11.2. The highest BCUT2D eigenvalue weighted by atomic mass is 35.5. The molecule has 2 heteroatoms. The van der Waals surface area contributed by atoms with Crippen molar-refractivity contribution in [3.63, 3.8) is 0 Å². The normalized spacial score (nSPS) is 12.5. The fourth-order valence-corrected chi connectivity index (χ4v) is 1.71. The van der Waals surface area contributed by atoms with Crippen LogP contribution in [0.15, 0.2) is 18.2 Å². The Morgan fingerprint density at radius 1 is 1.20 bits per heavy atom. The zero-order valence-corrected chi connectivity index (χ0v) is 10.3. The summed E-state index contributed by atoms with van der Waals surface area (Å²) in [6, 6.07) is 6.23. The highest BCUT2D eigenvalue weighted by Gasteiger charge is 2.13. The summed E-state index contributed by atoms with van der Waals surface area (Å²) in [4.78, 5) is 11.2. The van der Waals surface area contributed by atoms with Crippen LogP contribution in [0.5, 0.6) is 0 Å². The van der Waals surface area contributed by atoms with E-state index in [1.165, 1.54) is 18.1 Å². The number of hydrogen-bond acceptors (Lipinski definition) is 1. The fraction of sp³-hybridized carbons (Fsp3) is 0.462. The lowest BCUT2D eigenvalue weighted by molar-refractivity contribution is -0.116. The van der Waals surface area contributed by atoms with Crippen molar-refractivity contribution in [2.75, 3.05) is 0 Å². The number of Topliss-reactive ketones (excluding diaryl/α,β-unsaturated/α-hetero) is 1. The average Bonchev–Trinajstić information content (AvgIpc) is 2.27. The molecule has 0 aromatic heterocycles. The van der Waals surface area contributed by atoms with Crippen LogP contribution in [0, 0.1) is 0 Å². The van der Waals surface area contributed by atoms with Gasteiger partial charge in [-0.3, -0.25) is 4.79 Å². The predicted molar refractivity (Wildman–Crippen MR) is 64.5 cm³/mol. The van der Waals surface area contributed by atoms with E-state index in [9.17, 15) is 4.79 Å². The van der Waals surface area contributed by atoms with E-state index in [0.717, 1.165) is 18.4 Å². The molecule has 0 amide bonds. The lowest BCUT2D eigenvalue weighted by Crippen LogP contribution is -2.03. The Kier molecular flexibility index (Phi) is 4.34. The Balaban J connectivity index is 3.11. The number of rotatable bonds is 4. The van der Waals surface area contributed by atoms with Gasteiger partial charge in [-0.05, 0) is 36.5 Å². The van der Waals surface area contributed by atoms with Crippen LogP contribution in [0.25, 0.3) is 0 Å². The highest BCUT2D eigenvalue weighted by molar-refractivity contribution is 6.30. The first kappa shape index (κ1) is 12.3. The van der Waals surface area contributed by atoms with Crippen molar-refractivity contribution in [3.8, 4) is 0 Å². The van der Waals surface area contributed by atoms with Gasteiger partial charge in [0.05, 0.1) is 0 Å². The van der Waals surface area contributed by atoms with E-state index in [1.807, 2.05) is 12.1 Å². The molecule has 1 aromatic rings. The average molecular weight is 225 g/mol. The summed E-state index contributed by atoms with van der Waals surface area (Å²) in [6.07, 6.45) is 1.95. The molecule has 1 rings (SSSR count). The molecule has 0 N–H and O–H groups in total. The van der Waals surface area contributed by atoms with Gasteiger partial charge in [0.2, 0.25) is 0 Å². The molecule has 0 aliphatic heterocycles. The second-order valence-corrected chi connectivity index (χ2v) is 4.20. The minimum atomic E-state index is -0.498. The number of halogens is 1. The van der Waals surface area contributed by atoms with Gasteiger partial charge in [-0.2, -0.15) is 0 Å². The molecule has 1 nitrogen and oxygen atoms in total. The molecule has 0 saturated heterocycles. The molecule has 0 heterocycles. The number of alkyl halides is 1. The monoisotopic (exact) mass is 224 g/mol. The fourth-order valence-electron chi connectivity index (χ4n) is 1.58. The van der Waals surface area contributed by atoms with Gasteiger partial charge in [0.25, 0.3) is 0 Å². The molecule has 0 fully saturated rings. The Labute approximate surface area is 96.5 Å². The van der Waals surface area contributed by atoms with Crippen molar-refractivity contribution in [1.29, 1.82) is 0 Å². The van der Waals surface area contributed by atoms with Gasteiger partial charge in [0, 0.05) is 0 Å². The number of carbonyl (C=O) groups is 1. The minimum absolute atomic E-state index is 0.00646. The number of carbonyl (C=O) groups excluding carboxylic acids is 1. The van der Waals surface area contributed by atoms with Crippen LogP contribution in [-0.2, 0) is 17.6 Å². The second kappa shape index (κ2) is 5.32. The van der Waals surface area contributed by atoms with Gasteiger partial charge in [-0.25, -0.2) is 0 Å². The number of ketones is 1. The van der Waals surface area contributed by atoms with Crippen molar-refractivity contribution in [2.45, 2.75) is 39.0 Å². The van der Waals surface area contributed by atoms with Gasteiger partial charge in [0.1, 0.15) is 5.38 Å². The zero-order chi connectivity index (χ0) is 11.4. The van der Waals surface area contributed by atoms with Crippen molar-refractivity contribution in [3.05, 3.63) is 34.9 Å². The third kappa shape index (κ3) is 3.07. The highest BCUT2D eigenvalue weighted by Crippen LogP contribution is 2.24. The van der Waals surface area contributed by atoms with E-state index in [1.54, 1.807) is 0 Å². The van der Waals surface area contributed by atoms with E-state index < -0.39 is 5.38 Å². The summed E-state index contributed by atoms with van der Waals surface area (Å²) in [7, 11) is 0. The molecule has 1 atom stereocenters. The number of hydrogen-bond donors (Lipinski definition) is 0. The SMILES string of the molecule is CCc1cc(CC)cc(C(Cl)C(C)=O)c1. The summed E-state index contributed by atoms with van der Waals surface area (Å²) in [6.45, 7) is 5.74. The van der Waals surface area contributed by atoms with Crippen molar-refractivity contribution in [1.82, 2.24) is 0 Å². The number of benzene rings is 1. The van der Waals surface area contributed by atoms with Crippen LogP contribution in [0.2, 0.25) is 0 Å². The third-order valence-corrected chi connectivity index (χ3v) is 3.10. The molecule has 1 aromatic carbocycles. The lowest BCUT2D eigenvalue weighted by Gasteiger charge is -2.10. The Hall–Kier alpha value is -0.820. The summed E-state index contributed by atoms with van der Waals surface area (Å²) in [5.74, 6) is 0.00646. The van der Waals surface area contributed by atoms with Crippen LogP contribution in [0.3, 0.4) is 0 Å². The molecule has 82 valence electrons. The maximum atomic E-state index is 11.2. The van der Waals surface area contributed by atoms with Crippen molar-refractivity contribution >= 4 is 17.4 Å². The predicted octanol–water partition coefficient (Wildman–Crippen LogP) is 3.68. The summed E-state index contributed by atoms with van der Waals surface area (Å²) in [5.41, 5.74) is 3.42. The lowest BCUT2D eigenvalue weighted by atomic mass is 9.99. The first-order chi connectivity index (χ1) is 7.08. The molecule has 0 radical (unpaired) electrons.